The third-order valence-electron chi connectivity index (χ3n) is 5.28. The van der Waals surface area contributed by atoms with Crippen molar-refractivity contribution in [2.75, 3.05) is 31.6 Å². The normalized spacial score (nSPS) is 15.2. The van der Waals surface area contributed by atoms with Crippen LogP contribution in [0.25, 0.3) is 0 Å². The summed E-state index contributed by atoms with van der Waals surface area (Å²) >= 11 is 0. The van der Waals surface area contributed by atoms with Crippen LogP contribution < -0.4 is 15.4 Å². The predicted octanol–water partition coefficient (Wildman–Crippen LogP) is 2.38. The van der Waals surface area contributed by atoms with Crippen LogP contribution in [0, 0.1) is 5.92 Å². The standard InChI is InChI=1S/C23H29N3O5S/c1-2-31-21-10-8-20(9-11-21)25-22(27)16-24-23(28)19-12-14-26(15-13-19)32(29,30)17-18-6-4-3-5-7-18/h3-11,19H,2,12-17H2,1H3,(H,24,28)(H,25,27). The Morgan fingerprint density at radius 1 is 1.03 bits per heavy atom. The topological polar surface area (TPSA) is 105 Å². The van der Waals surface area contributed by atoms with Crippen LogP contribution in [-0.4, -0.2) is 50.8 Å². The molecule has 1 heterocycles. The van der Waals surface area contributed by atoms with Crippen molar-refractivity contribution in [2.24, 2.45) is 5.92 Å². The summed E-state index contributed by atoms with van der Waals surface area (Å²) in [6.45, 7) is 2.91. The van der Waals surface area contributed by atoms with Crippen LogP contribution >= 0.6 is 0 Å². The number of ether oxygens (including phenoxy) is 1. The summed E-state index contributed by atoms with van der Waals surface area (Å²) in [5.74, 6) is -0.194. The molecule has 0 aromatic heterocycles. The summed E-state index contributed by atoms with van der Waals surface area (Å²) in [4.78, 5) is 24.6. The van der Waals surface area contributed by atoms with Crippen molar-refractivity contribution in [1.29, 1.82) is 0 Å². The van der Waals surface area contributed by atoms with Gasteiger partial charge in [-0.25, -0.2) is 12.7 Å². The number of anilines is 1. The third kappa shape index (κ3) is 6.80. The highest BCUT2D eigenvalue weighted by Gasteiger charge is 2.31. The van der Waals surface area contributed by atoms with Gasteiger partial charge in [0.25, 0.3) is 0 Å². The van der Waals surface area contributed by atoms with Crippen molar-refractivity contribution in [2.45, 2.75) is 25.5 Å². The summed E-state index contributed by atoms with van der Waals surface area (Å²) in [5, 5.41) is 5.38. The largest absolute Gasteiger partial charge is 0.494 e. The number of benzene rings is 2. The summed E-state index contributed by atoms with van der Waals surface area (Å²) in [7, 11) is -3.42. The van der Waals surface area contributed by atoms with Gasteiger partial charge < -0.3 is 15.4 Å². The molecule has 172 valence electrons. The summed E-state index contributed by atoms with van der Waals surface area (Å²) in [6, 6.07) is 16.0. The zero-order valence-corrected chi connectivity index (χ0v) is 18.9. The van der Waals surface area contributed by atoms with Crippen LogP contribution in [0.5, 0.6) is 5.75 Å². The molecule has 2 amide bonds. The van der Waals surface area contributed by atoms with E-state index >= 15 is 0 Å². The lowest BCUT2D eigenvalue weighted by molar-refractivity contribution is -0.128. The minimum Gasteiger partial charge on any atom is -0.494 e. The second-order valence-corrected chi connectivity index (χ2v) is 9.61. The fraction of sp³-hybridized carbons (Fsp3) is 0.391. The Labute approximate surface area is 189 Å². The quantitative estimate of drug-likeness (QED) is 0.599. The van der Waals surface area contributed by atoms with Gasteiger partial charge in [-0.3, -0.25) is 9.59 Å². The summed E-state index contributed by atoms with van der Waals surface area (Å²) in [6.07, 6.45) is 0.862. The van der Waals surface area contributed by atoms with Gasteiger partial charge in [0.2, 0.25) is 21.8 Å². The number of carbonyl (C=O) groups excluding carboxylic acids is 2. The van der Waals surface area contributed by atoms with Gasteiger partial charge >= 0.3 is 0 Å². The van der Waals surface area contributed by atoms with E-state index in [1.807, 2.05) is 25.1 Å². The van der Waals surface area contributed by atoms with E-state index in [9.17, 15) is 18.0 Å². The van der Waals surface area contributed by atoms with Crippen LogP contribution in [0.15, 0.2) is 54.6 Å². The van der Waals surface area contributed by atoms with Crippen molar-refractivity contribution in [3.63, 3.8) is 0 Å². The first-order valence-corrected chi connectivity index (χ1v) is 12.3. The highest BCUT2D eigenvalue weighted by atomic mass is 32.2. The summed E-state index contributed by atoms with van der Waals surface area (Å²) in [5.41, 5.74) is 1.36. The third-order valence-corrected chi connectivity index (χ3v) is 7.13. The molecule has 0 atom stereocenters. The number of piperidine rings is 1. The van der Waals surface area contributed by atoms with Gasteiger partial charge in [0, 0.05) is 24.7 Å². The van der Waals surface area contributed by atoms with Crippen LogP contribution in [-0.2, 0) is 25.4 Å². The molecular formula is C23H29N3O5S. The molecule has 1 aliphatic rings. The molecule has 0 spiro atoms. The first-order valence-electron chi connectivity index (χ1n) is 10.7. The zero-order chi connectivity index (χ0) is 23.0. The Kier molecular flexibility index (Phi) is 8.24. The Morgan fingerprint density at radius 2 is 1.69 bits per heavy atom. The van der Waals surface area contributed by atoms with E-state index in [1.165, 1.54) is 4.31 Å². The van der Waals surface area contributed by atoms with Crippen molar-refractivity contribution in [3.05, 3.63) is 60.2 Å². The number of sulfonamides is 1. The lowest BCUT2D eigenvalue weighted by Crippen LogP contribution is -2.44. The molecule has 1 fully saturated rings. The maximum atomic E-state index is 12.6. The number of nitrogens with one attached hydrogen (secondary N) is 2. The number of amides is 2. The van der Waals surface area contributed by atoms with Gasteiger partial charge in [0.1, 0.15) is 5.75 Å². The van der Waals surface area contributed by atoms with E-state index in [4.69, 9.17) is 4.74 Å². The monoisotopic (exact) mass is 459 g/mol. The minimum atomic E-state index is -3.42. The number of carbonyl (C=O) groups is 2. The first-order chi connectivity index (χ1) is 15.4. The number of nitrogens with zero attached hydrogens (tertiary/aromatic N) is 1. The van der Waals surface area contributed by atoms with Crippen LogP contribution in [0.4, 0.5) is 5.69 Å². The first kappa shape index (κ1) is 23.7. The molecule has 0 bridgehead atoms. The fourth-order valence-corrected chi connectivity index (χ4v) is 5.15. The zero-order valence-electron chi connectivity index (χ0n) is 18.1. The number of hydrogen-bond acceptors (Lipinski definition) is 5. The van der Waals surface area contributed by atoms with Crippen molar-refractivity contribution in [3.8, 4) is 5.75 Å². The molecule has 0 radical (unpaired) electrons. The van der Waals surface area contributed by atoms with Gasteiger partial charge in [-0.15, -0.1) is 0 Å². The molecule has 1 aliphatic heterocycles. The van der Waals surface area contributed by atoms with E-state index in [-0.39, 0.29) is 30.0 Å². The van der Waals surface area contributed by atoms with Gasteiger partial charge in [-0.05, 0) is 49.6 Å². The van der Waals surface area contributed by atoms with Gasteiger partial charge in [-0.1, -0.05) is 30.3 Å². The lowest BCUT2D eigenvalue weighted by Gasteiger charge is -2.30. The average molecular weight is 460 g/mol. The van der Waals surface area contributed by atoms with Crippen LogP contribution in [0.2, 0.25) is 0 Å². The van der Waals surface area contributed by atoms with Gasteiger partial charge in [0.15, 0.2) is 0 Å². The molecular weight excluding hydrogens is 430 g/mol. The van der Waals surface area contributed by atoms with Gasteiger partial charge in [-0.2, -0.15) is 0 Å². The second-order valence-electron chi connectivity index (χ2n) is 7.64. The highest BCUT2D eigenvalue weighted by Crippen LogP contribution is 2.22. The second kappa shape index (κ2) is 11.1. The molecule has 9 heteroatoms. The molecule has 8 nitrogen and oxygen atoms in total. The van der Waals surface area contributed by atoms with Crippen molar-refractivity contribution in [1.82, 2.24) is 9.62 Å². The Morgan fingerprint density at radius 3 is 2.31 bits per heavy atom. The molecule has 32 heavy (non-hydrogen) atoms. The Hall–Kier alpha value is -2.91. The number of rotatable bonds is 9. The van der Waals surface area contributed by atoms with E-state index in [0.717, 1.165) is 11.3 Å². The maximum absolute atomic E-state index is 12.6. The smallest absolute Gasteiger partial charge is 0.243 e. The molecule has 0 saturated carbocycles. The lowest BCUT2D eigenvalue weighted by atomic mass is 9.97. The molecule has 0 aliphatic carbocycles. The average Bonchev–Trinajstić information content (AvgIpc) is 2.79. The van der Waals surface area contributed by atoms with Crippen molar-refractivity contribution < 1.29 is 22.7 Å². The SMILES string of the molecule is CCOc1ccc(NC(=O)CNC(=O)C2CCN(S(=O)(=O)Cc3ccccc3)CC2)cc1. The van der Waals surface area contributed by atoms with E-state index in [0.29, 0.717) is 38.2 Å². The predicted molar refractivity (Wildman–Crippen MR) is 123 cm³/mol. The minimum absolute atomic E-state index is 0.0452. The summed E-state index contributed by atoms with van der Waals surface area (Å²) < 4.78 is 32.1. The highest BCUT2D eigenvalue weighted by molar-refractivity contribution is 7.88. The Balaban J connectivity index is 1.41. The van der Waals surface area contributed by atoms with Crippen LogP contribution in [0.3, 0.4) is 0 Å². The van der Waals surface area contributed by atoms with E-state index < -0.39 is 10.0 Å². The van der Waals surface area contributed by atoms with Crippen LogP contribution in [0.1, 0.15) is 25.3 Å². The molecule has 1 saturated heterocycles. The fourth-order valence-electron chi connectivity index (χ4n) is 3.59. The molecule has 2 aromatic rings. The number of hydrogen-bond donors (Lipinski definition) is 2. The maximum Gasteiger partial charge on any atom is 0.243 e. The molecule has 2 N–H and O–H groups in total. The van der Waals surface area contributed by atoms with Gasteiger partial charge in [0.05, 0.1) is 18.9 Å². The van der Waals surface area contributed by atoms with Crippen molar-refractivity contribution >= 4 is 27.5 Å². The van der Waals surface area contributed by atoms with E-state index in [1.54, 1.807) is 36.4 Å². The Bertz CT molecular complexity index is 1000. The molecule has 2 aromatic carbocycles. The molecule has 0 unspecified atom stereocenters. The molecule has 3 rings (SSSR count). The van der Waals surface area contributed by atoms with E-state index in [2.05, 4.69) is 10.6 Å².